The summed E-state index contributed by atoms with van der Waals surface area (Å²) in [5.41, 5.74) is 2.39. The lowest BCUT2D eigenvalue weighted by Crippen LogP contribution is -2.32. The summed E-state index contributed by atoms with van der Waals surface area (Å²) in [5, 5.41) is 5.27. The van der Waals surface area contributed by atoms with Crippen molar-refractivity contribution < 1.29 is 19.1 Å². The molecule has 1 aliphatic rings. The average Bonchev–Trinajstić information content (AvgIpc) is 3.14. The number of hydrogen-bond donors (Lipinski definition) is 1. The Morgan fingerprint density at radius 2 is 1.46 bits per heavy atom. The molecule has 0 radical (unpaired) electrons. The van der Waals surface area contributed by atoms with E-state index in [9.17, 15) is 9.59 Å². The molecule has 4 aromatic carbocycles. The molecule has 1 N–H and O–H groups in total. The SMILES string of the molecule is CCOc1ccc(C2=C(Nc3cccc4ccccc34)C(=O)N(c3ccc(OC)cc3)C2=O)cc1. The molecule has 0 saturated heterocycles. The first-order valence-corrected chi connectivity index (χ1v) is 11.4. The number of ether oxygens (including phenoxy) is 2. The van der Waals surface area contributed by atoms with Gasteiger partial charge in [0.15, 0.2) is 0 Å². The minimum Gasteiger partial charge on any atom is -0.497 e. The molecule has 6 nitrogen and oxygen atoms in total. The van der Waals surface area contributed by atoms with Gasteiger partial charge in [-0.3, -0.25) is 9.59 Å². The first kappa shape index (κ1) is 22.2. The van der Waals surface area contributed by atoms with Crippen molar-refractivity contribution in [1.82, 2.24) is 0 Å². The molecule has 5 rings (SSSR count). The lowest BCUT2D eigenvalue weighted by atomic mass is 10.0. The Labute approximate surface area is 203 Å². The first-order chi connectivity index (χ1) is 17.1. The van der Waals surface area contributed by atoms with Crippen LogP contribution in [-0.4, -0.2) is 25.5 Å². The molecule has 6 heteroatoms. The van der Waals surface area contributed by atoms with Crippen LogP contribution in [0.4, 0.5) is 11.4 Å². The highest BCUT2D eigenvalue weighted by Crippen LogP contribution is 2.36. The van der Waals surface area contributed by atoms with Crippen LogP contribution in [0.1, 0.15) is 12.5 Å². The fraction of sp³-hybridized carbons (Fsp3) is 0.103. The summed E-state index contributed by atoms with van der Waals surface area (Å²) >= 11 is 0. The van der Waals surface area contributed by atoms with E-state index in [4.69, 9.17) is 9.47 Å². The molecular formula is C29H24N2O4. The maximum absolute atomic E-state index is 13.7. The van der Waals surface area contributed by atoms with E-state index in [1.807, 2.05) is 49.4 Å². The Kier molecular flexibility index (Phi) is 5.94. The first-order valence-electron chi connectivity index (χ1n) is 11.4. The average molecular weight is 465 g/mol. The lowest BCUT2D eigenvalue weighted by molar-refractivity contribution is -0.120. The highest BCUT2D eigenvalue weighted by atomic mass is 16.5. The summed E-state index contributed by atoms with van der Waals surface area (Å²) in [6.07, 6.45) is 0. The van der Waals surface area contributed by atoms with E-state index < -0.39 is 11.8 Å². The van der Waals surface area contributed by atoms with Crippen LogP contribution in [0.3, 0.4) is 0 Å². The highest BCUT2D eigenvalue weighted by molar-refractivity contribution is 6.46. The van der Waals surface area contributed by atoms with Gasteiger partial charge in [0.1, 0.15) is 17.2 Å². The normalized spacial score (nSPS) is 13.5. The molecule has 0 unspecified atom stereocenters. The van der Waals surface area contributed by atoms with Gasteiger partial charge in [-0.15, -0.1) is 0 Å². The fourth-order valence-corrected chi connectivity index (χ4v) is 4.23. The number of amides is 2. The number of carbonyl (C=O) groups excluding carboxylic acids is 2. The summed E-state index contributed by atoms with van der Waals surface area (Å²) in [7, 11) is 1.57. The van der Waals surface area contributed by atoms with Crippen molar-refractivity contribution in [2.45, 2.75) is 6.92 Å². The number of fused-ring (bicyclic) bond motifs is 1. The van der Waals surface area contributed by atoms with E-state index >= 15 is 0 Å². The largest absolute Gasteiger partial charge is 0.497 e. The molecule has 0 saturated carbocycles. The van der Waals surface area contributed by atoms with Crippen LogP contribution >= 0.6 is 0 Å². The lowest BCUT2D eigenvalue weighted by Gasteiger charge is -2.16. The third-order valence-corrected chi connectivity index (χ3v) is 5.92. The number of carbonyl (C=O) groups is 2. The van der Waals surface area contributed by atoms with Gasteiger partial charge in [0, 0.05) is 11.1 Å². The maximum atomic E-state index is 13.7. The van der Waals surface area contributed by atoms with Crippen LogP contribution < -0.4 is 19.7 Å². The predicted molar refractivity (Wildman–Crippen MR) is 138 cm³/mol. The van der Waals surface area contributed by atoms with Crippen LogP contribution in [0.5, 0.6) is 11.5 Å². The number of nitrogens with zero attached hydrogens (tertiary/aromatic N) is 1. The van der Waals surface area contributed by atoms with Crippen molar-refractivity contribution in [2.24, 2.45) is 0 Å². The molecule has 174 valence electrons. The second-order valence-electron chi connectivity index (χ2n) is 8.00. The molecule has 4 aromatic rings. The minimum atomic E-state index is -0.419. The number of methoxy groups -OCH3 is 1. The van der Waals surface area contributed by atoms with E-state index in [1.165, 1.54) is 4.90 Å². The van der Waals surface area contributed by atoms with Crippen molar-refractivity contribution in [3.05, 3.63) is 102 Å². The standard InChI is InChI=1S/C29H24N2O4/c1-3-35-23-15-11-20(12-16-23)26-27(30-25-10-6-8-19-7-4-5-9-24(19)25)29(33)31(28(26)32)21-13-17-22(34-2)18-14-21/h4-18,30H,3H2,1-2H3. The predicted octanol–water partition coefficient (Wildman–Crippen LogP) is 5.64. The van der Waals surface area contributed by atoms with Gasteiger partial charge >= 0.3 is 0 Å². The molecule has 0 atom stereocenters. The third-order valence-electron chi connectivity index (χ3n) is 5.92. The minimum absolute atomic E-state index is 0.228. The number of anilines is 2. The quantitative estimate of drug-likeness (QED) is 0.358. The van der Waals surface area contributed by atoms with E-state index in [1.54, 1.807) is 55.6 Å². The molecule has 2 amide bonds. The van der Waals surface area contributed by atoms with Gasteiger partial charge in [0.2, 0.25) is 0 Å². The summed E-state index contributed by atoms with van der Waals surface area (Å²) in [4.78, 5) is 28.6. The number of imide groups is 1. The number of hydrogen-bond acceptors (Lipinski definition) is 5. The molecular weight excluding hydrogens is 440 g/mol. The molecule has 1 heterocycles. The topological polar surface area (TPSA) is 67.9 Å². The van der Waals surface area contributed by atoms with Gasteiger partial charge in [-0.1, -0.05) is 48.5 Å². The van der Waals surface area contributed by atoms with E-state index in [0.717, 1.165) is 16.5 Å². The zero-order valence-corrected chi connectivity index (χ0v) is 19.4. The Balaban J connectivity index is 1.61. The van der Waals surface area contributed by atoms with Gasteiger partial charge < -0.3 is 14.8 Å². The molecule has 0 fully saturated rings. The zero-order chi connectivity index (χ0) is 24.4. The van der Waals surface area contributed by atoms with Crippen molar-refractivity contribution >= 4 is 39.5 Å². The van der Waals surface area contributed by atoms with Crippen LogP contribution in [0.2, 0.25) is 0 Å². The van der Waals surface area contributed by atoms with Gasteiger partial charge in [-0.25, -0.2) is 4.90 Å². The second-order valence-corrected chi connectivity index (χ2v) is 8.00. The summed E-state index contributed by atoms with van der Waals surface area (Å²) in [6, 6.07) is 27.8. The zero-order valence-electron chi connectivity index (χ0n) is 19.4. The fourth-order valence-electron chi connectivity index (χ4n) is 4.23. The van der Waals surface area contributed by atoms with Gasteiger partial charge in [0.25, 0.3) is 11.8 Å². The number of nitrogens with one attached hydrogen (secondary N) is 1. The molecule has 1 aliphatic heterocycles. The molecule has 35 heavy (non-hydrogen) atoms. The summed E-state index contributed by atoms with van der Waals surface area (Å²) in [5.74, 6) is 0.523. The Bertz CT molecular complexity index is 1430. The smallest absolute Gasteiger partial charge is 0.282 e. The van der Waals surface area contributed by atoms with E-state index in [2.05, 4.69) is 5.32 Å². The maximum Gasteiger partial charge on any atom is 0.282 e. The molecule has 0 bridgehead atoms. The monoisotopic (exact) mass is 464 g/mol. The van der Waals surface area contributed by atoms with Crippen LogP contribution in [0, 0.1) is 0 Å². The number of rotatable bonds is 7. The van der Waals surface area contributed by atoms with E-state index in [0.29, 0.717) is 34.9 Å². The Hall–Kier alpha value is -4.58. The Morgan fingerprint density at radius 1 is 0.771 bits per heavy atom. The highest BCUT2D eigenvalue weighted by Gasteiger charge is 2.40. The Morgan fingerprint density at radius 3 is 2.17 bits per heavy atom. The van der Waals surface area contributed by atoms with Crippen LogP contribution in [0.15, 0.2) is 96.7 Å². The van der Waals surface area contributed by atoms with Gasteiger partial charge in [-0.2, -0.15) is 0 Å². The summed E-state index contributed by atoms with van der Waals surface area (Å²) in [6.45, 7) is 2.45. The van der Waals surface area contributed by atoms with Crippen LogP contribution in [-0.2, 0) is 9.59 Å². The van der Waals surface area contributed by atoms with Gasteiger partial charge in [-0.05, 0) is 60.3 Å². The second kappa shape index (κ2) is 9.35. The summed E-state index contributed by atoms with van der Waals surface area (Å²) < 4.78 is 10.8. The number of benzene rings is 4. The van der Waals surface area contributed by atoms with E-state index in [-0.39, 0.29) is 5.70 Å². The van der Waals surface area contributed by atoms with Crippen molar-refractivity contribution in [3.8, 4) is 11.5 Å². The van der Waals surface area contributed by atoms with Crippen LogP contribution in [0.25, 0.3) is 16.3 Å². The van der Waals surface area contributed by atoms with Crippen molar-refractivity contribution in [2.75, 3.05) is 23.9 Å². The molecule has 0 spiro atoms. The van der Waals surface area contributed by atoms with Crippen molar-refractivity contribution in [3.63, 3.8) is 0 Å². The van der Waals surface area contributed by atoms with Gasteiger partial charge in [0.05, 0.1) is 25.0 Å². The molecule has 0 aromatic heterocycles. The third kappa shape index (κ3) is 4.10. The molecule has 0 aliphatic carbocycles. The van der Waals surface area contributed by atoms with Crippen molar-refractivity contribution in [1.29, 1.82) is 0 Å².